The van der Waals surface area contributed by atoms with Crippen LogP contribution in [-0.2, 0) is 11.2 Å². The van der Waals surface area contributed by atoms with Crippen molar-refractivity contribution in [3.63, 3.8) is 0 Å². The summed E-state index contributed by atoms with van der Waals surface area (Å²) in [7, 11) is 0. The second-order valence-electron chi connectivity index (χ2n) is 3.06. The van der Waals surface area contributed by atoms with Crippen LogP contribution in [-0.4, -0.2) is 6.61 Å². The van der Waals surface area contributed by atoms with Gasteiger partial charge in [0.25, 0.3) is 0 Å². The fourth-order valence-corrected chi connectivity index (χ4v) is 1.30. The van der Waals surface area contributed by atoms with Gasteiger partial charge in [-0.15, -0.1) is 0 Å². The molecule has 0 aromatic heterocycles. The van der Waals surface area contributed by atoms with Crippen molar-refractivity contribution in [3.05, 3.63) is 35.4 Å². The molecule has 0 amide bonds. The molecule has 0 bridgehead atoms. The zero-order valence-electron chi connectivity index (χ0n) is 8.66. The summed E-state index contributed by atoms with van der Waals surface area (Å²) < 4.78 is 5.29. The Hall–Kier alpha value is -1.33. The van der Waals surface area contributed by atoms with E-state index in [1.165, 1.54) is 5.56 Å². The Kier molecular flexibility index (Phi) is 4.15. The Bertz CT molecular complexity index is 310. The predicted octanol–water partition coefficient (Wildman–Crippen LogP) is 2.85. The maximum Gasteiger partial charge on any atom is 0.169 e. The number of ether oxygens (including phenoxy) is 1. The Labute approximate surface area is 85.1 Å². The normalized spacial score (nSPS) is 12.1. The fourth-order valence-electron chi connectivity index (χ4n) is 1.30. The van der Waals surface area contributed by atoms with Crippen molar-refractivity contribution in [3.8, 4) is 6.07 Å². The quantitative estimate of drug-likeness (QED) is 0.729. The number of rotatable bonds is 4. The molecule has 0 heterocycles. The Morgan fingerprint density at radius 3 is 2.36 bits per heavy atom. The third kappa shape index (κ3) is 2.58. The molecule has 0 N–H and O–H groups in total. The van der Waals surface area contributed by atoms with Gasteiger partial charge in [-0.3, -0.25) is 0 Å². The molecule has 1 atom stereocenters. The zero-order valence-corrected chi connectivity index (χ0v) is 8.66. The molecule has 2 nitrogen and oxygen atoms in total. The lowest BCUT2D eigenvalue weighted by Crippen LogP contribution is -2.01. The maximum atomic E-state index is 8.86. The lowest BCUT2D eigenvalue weighted by atomic mass is 10.1. The molecule has 0 aliphatic heterocycles. The minimum absolute atomic E-state index is 0.425. The van der Waals surface area contributed by atoms with Crippen molar-refractivity contribution >= 4 is 0 Å². The molecule has 74 valence electrons. The van der Waals surface area contributed by atoms with E-state index in [2.05, 4.69) is 13.0 Å². The highest BCUT2D eigenvalue weighted by Gasteiger charge is 2.08. The van der Waals surface area contributed by atoms with Gasteiger partial charge < -0.3 is 4.74 Å². The molecule has 0 aliphatic rings. The van der Waals surface area contributed by atoms with Crippen LogP contribution in [0, 0.1) is 11.3 Å². The molecule has 0 saturated heterocycles. The van der Waals surface area contributed by atoms with Crippen molar-refractivity contribution in [1.82, 2.24) is 0 Å². The minimum atomic E-state index is -0.425. The Morgan fingerprint density at radius 2 is 1.93 bits per heavy atom. The molecular weight excluding hydrogens is 174 g/mol. The van der Waals surface area contributed by atoms with Crippen LogP contribution < -0.4 is 0 Å². The average molecular weight is 189 g/mol. The SMILES string of the molecule is CCOC(C#N)c1ccc(CC)cc1. The first kappa shape index (κ1) is 10.7. The van der Waals surface area contributed by atoms with Gasteiger partial charge in [0.05, 0.1) is 6.07 Å². The molecule has 1 aromatic carbocycles. The summed E-state index contributed by atoms with van der Waals surface area (Å²) in [5, 5.41) is 8.86. The number of aryl methyl sites for hydroxylation is 1. The molecule has 2 heteroatoms. The van der Waals surface area contributed by atoms with Gasteiger partial charge in [-0.2, -0.15) is 5.26 Å². The summed E-state index contributed by atoms with van der Waals surface area (Å²) >= 11 is 0. The van der Waals surface area contributed by atoms with Gasteiger partial charge in [0.2, 0.25) is 0 Å². The second kappa shape index (κ2) is 5.41. The third-order valence-electron chi connectivity index (χ3n) is 2.14. The van der Waals surface area contributed by atoms with Gasteiger partial charge in [0, 0.05) is 6.61 Å². The number of nitrogens with zero attached hydrogens (tertiary/aromatic N) is 1. The summed E-state index contributed by atoms with van der Waals surface area (Å²) in [6, 6.07) is 10.1. The number of hydrogen-bond donors (Lipinski definition) is 0. The number of nitriles is 1. The molecule has 0 spiro atoms. The van der Waals surface area contributed by atoms with Crippen molar-refractivity contribution in [2.45, 2.75) is 26.4 Å². The molecular formula is C12H15NO. The minimum Gasteiger partial charge on any atom is -0.359 e. The smallest absolute Gasteiger partial charge is 0.169 e. The summed E-state index contributed by atoms with van der Waals surface area (Å²) in [5.41, 5.74) is 2.22. The monoisotopic (exact) mass is 189 g/mol. The van der Waals surface area contributed by atoms with E-state index < -0.39 is 6.10 Å². The van der Waals surface area contributed by atoms with Crippen LogP contribution in [0.1, 0.15) is 31.1 Å². The van der Waals surface area contributed by atoms with Gasteiger partial charge in [0.1, 0.15) is 0 Å². The highest BCUT2D eigenvalue weighted by Crippen LogP contribution is 2.17. The van der Waals surface area contributed by atoms with E-state index >= 15 is 0 Å². The van der Waals surface area contributed by atoms with E-state index in [1.54, 1.807) is 0 Å². The summed E-state index contributed by atoms with van der Waals surface area (Å²) in [6.45, 7) is 4.57. The molecule has 0 fully saturated rings. The lowest BCUT2D eigenvalue weighted by Gasteiger charge is -2.09. The maximum absolute atomic E-state index is 8.86. The Morgan fingerprint density at radius 1 is 1.29 bits per heavy atom. The lowest BCUT2D eigenvalue weighted by molar-refractivity contribution is 0.102. The zero-order chi connectivity index (χ0) is 10.4. The van der Waals surface area contributed by atoms with Crippen LogP contribution in [0.4, 0.5) is 0 Å². The van der Waals surface area contributed by atoms with E-state index in [4.69, 9.17) is 10.00 Å². The topological polar surface area (TPSA) is 33.0 Å². The van der Waals surface area contributed by atoms with Crippen LogP contribution in [0.15, 0.2) is 24.3 Å². The van der Waals surface area contributed by atoms with Gasteiger partial charge in [-0.05, 0) is 24.5 Å². The van der Waals surface area contributed by atoms with E-state index in [-0.39, 0.29) is 0 Å². The highest BCUT2D eigenvalue weighted by molar-refractivity contribution is 5.27. The summed E-state index contributed by atoms with van der Waals surface area (Å²) in [4.78, 5) is 0. The molecule has 14 heavy (non-hydrogen) atoms. The van der Waals surface area contributed by atoms with E-state index in [0.717, 1.165) is 12.0 Å². The second-order valence-corrected chi connectivity index (χ2v) is 3.06. The Balaban J connectivity index is 2.79. The van der Waals surface area contributed by atoms with Crippen molar-refractivity contribution < 1.29 is 4.74 Å². The summed E-state index contributed by atoms with van der Waals surface area (Å²) in [5.74, 6) is 0. The number of hydrogen-bond acceptors (Lipinski definition) is 2. The van der Waals surface area contributed by atoms with Crippen molar-refractivity contribution in [2.75, 3.05) is 6.61 Å². The van der Waals surface area contributed by atoms with E-state index in [0.29, 0.717) is 6.61 Å². The van der Waals surface area contributed by atoms with Gasteiger partial charge in [-0.25, -0.2) is 0 Å². The molecule has 1 aromatic rings. The first-order valence-electron chi connectivity index (χ1n) is 4.91. The van der Waals surface area contributed by atoms with Crippen LogP contribution in [0.3, 0.4) is 0 Å². The molecule has 0 saturated carbocycles. The van der Waals surface area contributed by atoms with Gasteiger partial charge >= 0.3 is 0 Å². The highest BCUT2D eigenvalue weighted by atomic mass is 16.5. The standard InChI is InChI=1S/C12H15NO/c1-3-10-5-7-11(8-6-10)12(9-13)14-4-2/h5-8,12H,3-4H2,1-2H3. The van der Waals surface area contributed by atoms with Crippen LogP contribution >= 0.6 is 0 Å². The molecule has 1 rings (SSSR count). The van der Waals surface area contributed by atoms with Crippen molar-refractivity contribution in [1.29, 1.82) is 5.26 Å². The molecule has 0 aliphatic carbocycles. The van der Waals surface area contributed by atoms with Gasteiger partial charge in [-0.1, -0.05) is 31.2 Å². The summed E-state index contributed by atoms with van der Waals surface area (Å²) in [6.07, 6.45) is 0.595. The molecule has 1 unspecified atom stereocenters. The van der Waals surface area contributed by atoms with Crippen LogP contribution in [0.2, 0.25) is 0 Å². The first-order chi connectivity index (χ1) is 6.81. The van der Waals surface area contributed by atoms with E-state index in [9.17, 15) is 0 Å². The largest absolute Gasteiger partial charge is 0.359 e. The first-order valence-corrected chi connectivity index (χ1v) is 4.91. The number of benzene rings is 1. The van der Waals surface area contributed by atoms with Crippen LogP contribution in [0.25, 0.3) is 0 Å². The van der Waals surface area contributed by atoms with Gasteiger partial charge in [0.15, 0.2) is 6.10 Å². The fraction of sp³-hybridized carbons (Fsp3) is 0.417. The molecule has 0 radical (unpaired) electrons. The third-order valence-corrected chi connectivity index (χ3v) is 2.14. The van der Waals surface area contributed by atoms with E-state index in [1.807, 2.05) is 31.2 Å². The van der Waals surface area contributed by atoms with Crippen molar-refractivity contribution in [2.24, 2.45) is 0 Å². The van der Waals surface area contributed by atoms with Crippen LogP contribution in [0.5, 0.6) is 0 Å². The average Bonchev–Trinajstić information content (AvgIpc) is 2.26. The predicted molar refractivity (Wildman–Crippen MR) is 55.8 cm³/mol.